The van der Waals surface area contributed by atoms with Crippen molar-refractivity contribution in [2.75, 3.05) is 7.11 Å². The maximum Gasteiger partial charge on any atom is 0.119 e. The van der Waals surface area contributed by atoms with Crippen LogP contribution in [0, 0.1) is 0 Å². The maximum atomic E-state index is 5.26. The number of thiophene rings is 1. The minimum Gasteiger partial charge on any atom is -0.497 e. The molecule has 2 rings (SSSR count). The van der Waals surface area contributed by atoms with Crippen molar-refractivity contribution in [1.82, 2.24) is 5.32 Å². The van der Waals surface area contributed by atoms with Gasteiger partial charge in [-0.3, -0.25) is 0 Å². The second-order valence-electron chi connectivity index (χ2n) is 4.44. The lowest BCUT2D eigenvalue weighted by Gasteiger charge is -2.20. The molecule has 1 aromatic carbocycles. The molecule has 1 aromatic heterocycles. The average molecular weight is 261 g/mol. The van der Waals surface area contributed by atoms with E-state index in [1.165, 1.54) is 11.1 Å². The van der Waals surface area contributed by atoms with Gasteiger partial charge in [0.15, 0.2) is 0 Å². The lowest BCUT2D eigenvalue weighted by Crippen LogP contribution is -2.22. The van der Waals surface area contributed by atoms with Crippen LogP contribution in [0.25, 0.3) is 0 Å². The number of hydrogen-bond acceptors (Lipinski definition) is 3. The standard InChI is InChI=1S/C15H19NOS/c1-11(13-5-4-6-15(9-13)17-3)16-12(2)14-7-8-18-10-14/h4-12,16H,1-3H3/t11-,12?/m1/s1. The molecule has 2 aromatic rings. The van der Waals surface area contributed by atoms with Crippen LogP contribution in [0.3, 0.4) is 0 Å². The van der Waals surface area contributed by atoms with Gasteiger partial charge in [0.2, 0.25) is 0 Å². The summed E-state index contributed by atoms with van der Waals surface area (Å²) in [6.45, 7) is 4.37. The number of nitrogens with one attached hydrogen (secondary N) is 1. The molecule has 96 valence electrons. The molecule has 3 heteroatoms. The monoisotopic (exact) mass is 261 g/mol. The van der Waals surface area contributed by atoms with Crippen LogP contribution >= 0.6 is 11.3 Å². The smallest absolute Gasteiger partial charge is 0.119 e. The highest BCUT2D eigenvalue weighted by Gasteiger charge is 2.11. The van der Waals surface area contributed by atoms with Crippen LogP contribution in [0.2, 0.25) is 0 Å². The van der Waals surface area contributed by atoms with Crippen LogP contribution in [0.15, 0.2) is 41.1 Å². The Morgan fingerprint density at radius 1 is 1.11 bits per heavy atom. The minimum atomic E-state index is 0.301. The number of hydrogen-bond donors (Lipinski definition) is 1. The summed E-state index contributed by atoms with van der Waals surface area (Å²) in [5.41, 5.74) is 2.59. The van der Waals surface area contributed by atoms with Crippen LogP contribution in [0.1, 0.15) is 37.1 Å². The third kappa shape index (κ3) is 3.12. The molecule has 0 spiro atoms. The fourth-order valence-electron chi connectivity index (χ4n) is 2.00. The first-order valence-corrected chi connectivity index (χ1v) is 7.07. The SMILES string of the molecule is COc1cccc([C@@H](C)NC(C)c2ccsc2)c1. The molecule has 0 aliphatic carbocycles. The Morgan fingerprint density at radius 3 is 2.56 bits per heavy atom. The summed E-state index contributed by atoms with van der Waals surface area (Å²) in [6.07, 6.45) is 0. The van der Waals surface area contributed by atoms with Crippen LogP contribution in [-0.4, -0.2) is 7.11 Å². The molecule has 0 saturated carbocycles. The number of methoxy groups -OCH3 is 1. The highest BCUT2D eigenvalue weighted by atomic mass is 32.1. The van der Waals surface area contributed by atoms with Gasteiger partial charge in [0, 0.05) is 12.1 Å². The molecule has 1 unspecified atom stereocenters. The number of ether oxygens (including phenoxy) is 1. The molecule has 0 amide bonds. The van der Waals surface area contributed by atoms with E-state index in [-0.39, 0.29) is 0 Å². The molecule has 2 atom stereocenters. The quantitative estimate of drug-likeness (QED) is 0.872. The molecule has 18 heavy (non-hydrogen) atoms. The molecule has 0 saturated heterocycles. The van der Waals surface area contributed by atoms with Gasteiger partial charge in [-0.2, -0.15) is 11.3 Å². The summed E-state index contributed by atoms with van der Waals surface area (Å²) >= 11 is 1.74. The van der Waals surface area contributed by atoms with Gasteiger partial charge in [0.1, 0.15) is 5.75 Å². The predicted molar refractivity (Wildman–Crippen MR) is 77.3 cm³/mol. The summed E-state index contributed by atoms with van der Waals surface area (Å²) in [7, 11) is 1.70. The Morgan fingerprint density at radius 2 is 1.89 bits per heavy atom. The fraction of sp³-hybridized carbons (Fsp3) is 0.333. The van der Waals surface area contributed by atoms with Crippen LogP contribution in [0.5, 0.6) is 5.75 Å². The van der Waals surface area contributed by atoms with E-state index in [1.54, 1.807) is 18.4 Å². The van der Waals surface area contributed by atoms with Crippen molar-refractivity contribution in [3.63, 3.8) is 0 Å². The fourth-order valence-corrected chi connectivity index (χ4v) is 2.75. The summed E-state index contributed by atoms with van der Waals surface area (Å²) < 4.78 is 5.26. The topological polar surface area (TPSA) is 21.3 Å². The molecular formula is C15H19NOS. The predicted octanol–water partition coefficient (Wildman–Crippen LogP) is 4.17. The van der Waals surface area contributed by atoms with E-state index in [9.17, 15) is 0 Å². The zero-order valence-electron chi connectivity index (χ0n) is 11.0. The van der Waals surface area contributed by atoms with Crippen molar-refractivity contribution in [1.29, 1.82) is 0 Å². The average Bonchev–Trinajstić information content (AvgIpc) is 2.92. The van der Waals surface area contributed by atoms with Gasteiger partial charge in [0.05, 0.1) is 7.11 Å². The van der Waals surface area contributed by atoms with Crippen molar-refractivity contribution in [3.8, 4) is 5.75 Å². The van der Waals surface area contributed by atoms with Crippen molar-refractivity contribution in [3.05, 3.63) is 52.2 Å². The van der Waals surface area contributed by atoms with Crippen molar-refractivity contribution < 1.29 is 4.74 Å². The van der Waals surface area contributed by atoms with Gasteiger partial charge in [0.25, 0.3) is 0 Å². The molecule has 0 aliphatic rings. The molecule has 1 heterocycles. The first-order chi connectivity index (χ1) is 8.70. The third-order valence-electron chi connectivity index (χ3n) is 3.14. The summed E-state index contributed by atoms with van der Waals surface area (Å²) in [6, 6.07) is 11.0. The lowest BCUT2D eigenvalue weighted by atomic mass is 10.1. The van der Waals surface area contributed by atoms with Crippen molar-refractivity contribution >= 4 is 11.3 Å². The number of rotatable bonds is 5. The highest BCUT2D eigenvalue weighted by molar-refractivity contribution is 7.07. The van der Waals surface area contributed by atoms with E-state index < -0.39 is 0 Å². The Bertz CT molecular complexity index is 481. The Kier molecular flexibility index (Phi) is 4.39. The first-order valence-electron chi connectivity index (χ1n) is 6.13. The van der Waals surface area contributed by atoms with Crippen molar-refractivity contribution in [2.24, 2.45) is 0 Å². The van der Waals surface area contributed by atoms with E-state index in [0.717, 1.165) is 5.75 Å². The van der Waals surface area contributed by atoms with Gasteiger partial charge >= 0.3 is 0 Å². The van der Waals surface area contributed by atoms with Gasteiger partial charge in [-0.1, -0.05) is 12.1 Å². The zero-order chi connectivity index (χ0) is 13.0. The third-order valence-corrected chi connectivity index (χ3v) is 3.84. The molecule has 0 fully saturated rings. The van der Waals surface area contributed by atoms with Crippen LogP contribution in [-0.2, 0) is 0 Å². The molecule has 1 N–H and O–H groups in total. The molecular weight excluding hydrogens is 242 g/mol. The van der Waals surface area contributed by atoms with Gasteiger partial charge in [-0.15, -0.1) is 0 Å². The molecule has 0 aliphatic heterocycles. The number of benzene rings is 1. The second kappa shape index (κ2) is 6.03. The Balaban J connectivity index is 2.04. The normalized spacial score (nSPS) is 14.2. The Hall–Kier alpha value is -1.32. The summed E-state index contributed by atoms with van der Waals surface area (Å²) in [5.74, 6) is 0.907. The Labute approximate surface area is 113 Å². The minimum absolute atomic E-state index is 0.301. The lowest BCUT2D eigenvalue weighted by molar-refractivity contribution is 0.412. The van der Waals surface area contributed by atoms with E-state index in [4.69, 9.17) is 4.74 Å². The van der Waals surface area contributed by atoms with E-state index in [1.807, 2.05) is 12.1 Å². The second-order valence-corrected chi connectivity index (χ2v) is 5.22. The summed E-state index contributed by atoms with van der Waals surface area (Å²) in [5, 5.41) is 7.91. The van der Waals surface area contributed by atoms with E-state index in [0.29, 0.717) is 12.1 Å². The largest absolute Gasteiger partial charge is 0.497 e. The first kappa shape index (κ1) is 13.1. The van der Waals surface area contributed by atoms with E-state index >= 15 is 0 Å². The van der Waals surface area contributed by atoms with Crippen LogP contribution in [0.4, 0.5) is 0 Å². The van der Waals surface area contributed by atoms with E-state index in [2.05, 4.69) is 48.1 Å². The molecule has 0 radical (unpaired) electrons. The van der Waals surface area contributed by atoms with Crippen LogP contribution < -0.4 is 10.1 Å². The maximum absolute atomic E-state index is 5.26. The molecule has 0 bridgehead atoms. The van der Waals surface area contributed by atoms with Gasteiger partial charge in [-0.25, -0.2) is 0 Å². The van der Waals surface area contributed by atoms with Crippen molar-refractivity contribution in [2.45, 2.75) is 25.9 Å². The molecule has 2 nitrogen and oxygen atoms in total. The summed E-state index contributed by atoms with van der Waals surface area (Å²) in [4.78, 5) is 0. The van der Waals surface area contributed by atoms with Gasteiger partial charge in [-0.05, 0) is 53.9 Å². The zero-order valence-corrected chi connectivity index (χ0v) is 11.8. The highest BCUT2D eigenvalue weighted by Crippen LogP contribution is 2.23. The van der Waals surface area contributed by atoms with Gasteiger partial charge < -0.3 is 10.1 Å².